The molecule has 0 bridgehead atoms. The van der Waals surface area contributed by atoms with Crippen LogP contribution in [-0.2, 0) is 4.74 Å². The van der Waals surface area contributed by atoms with E-state index in [1.807, 2.05) is 12.5 Å². The zero-order valence-electron chi connectivity index (χ0n) is 11.8. The van der Waals surface area contributed by atoms with Crippen LogP contribution < -0.4 is 5.73 Å². The third-order valence-electron chi connectivity index (χ3n) is 4.93. The lowest BCUT2D eigenvalue weighted by atomic mass is 9.85. The third kappa shape index (κ3) is 2.56. The minimum absolute atomic E-state index is 0.0686. The monoisotopic (exact) mass is 263 g/mol. The summed E-state index contributed by atoms with van der Waals surface area (Å²) in [5.41, 5.74) is 7.66. The van der Waals surface area contributed by atoms with Crippen LogP contribution in [0.1, 0.15) is 56.8 Å². The molecule has 1 aromatic heterocycles. The molecule has 1 saturated heterocycles. The lowest BCUT2D eigenvalue weighted by Gasteiger charge is -2.32. The number of ether oxygens (including phenoxy) is 1. The third-order valence-corrected chi connectivity index (χ3v) is 4.93. The van der Waals surface area contributed by atoms with E-state index in [-0.39, 0.29) is 6.04 Å². The molecule has 106 valence electrons. The number of nitrogens with two attached hydrogens (primary N) is 1. The molecule has 19 heavy (non-hydrogen) atoms. The summed E-state index contributed by atoms with van der Waals surface area (Å²) in [6, 6.07) is 0.652. The van der Waals surface area contributed by atoms with Crippen LogP contribution in [0.25, 0.3) is 0 Å². The average Bonchev–Trinajstić information content (AvgIpc) is 3.10. The standard InChI is InChI=1S/C15H25N3O/c1-11-4-2-3-5-13(11)18-10-17-8-14(18)15(16)12-6-7-19-9-12/h8,10-13,15H,2-7,9,16H2,1H3. The Morgan fingerprint density at radius 2 is 2.21 bits per heavy atom. The SMILES string of the molecule is CC1CCCCC1n1cncc1C(N)C1CCOC1. The smallest absolute Gasteiger partial charge is 0.0951 e. The number of hydrogen-bond acceptors (Lipinski definition) is 3. The molecule has 1 aliphatic carbocycles. The summed E-state index contributed by atoms with van der Waals surface area (Å²) >= 11 is 0. The predicted molar refractivity (Wildman–Crippen MR) is 74.8 cm³/mol. The van der Waals surface area contributed by atoms with Gasteiger partial charge in [-0.25, -0.2) is 4.98 Å². The second-order valence-corrected chi connectivity index (χ2v) is 6.20. The Labute approximate surface area is 115 Å². The molecule has 4 heteroatoms. The minimum Gasteiger partial charge on any atom is -0.381 e. The summed E-state index contributed by atoms with van der Waals surface area (Å²) in [7, 11) is 0. The van der Waals surface area contributed by atoms with Gasteiger partial charge in [0.25, 0.3) is 0 Å². The van der Waals surface area contributed by atoms with Crippen molar-refractivity contribution in [2.75, 3.05) is 13.2 Å². The van der Waals surface area contributed by atoms with Crippen LogP contribution >= 0.6 is 0 Å². The summed E-state index contributed by atoms with van der Waals surface area (Å²) in [4.78, 5) is 4.37. The van der Waals surface area contributed by atoms with Crippen molar-refractivity contribution < 1.29 is 4.74 Å². The van der Waals surface area contributed by atoms with E-state index < -0.39 is 0 Å². The van der Waals surface area contributed by atoms with Crippen LogP contribution in [-0.4, -0.2) is 22.8 Å². The molecule has 2 fully saturated rings. The zero-order valence-corrected chi connectivity index (χ0v) is 11.8. The van der Waals surface area contributed by atoms with E-state index in [4.69, 9.17) is 10.5 Å². The largest absolute Gasteiger partial charge is 0.381 e. The molecule has 0 radical (unpaired) electrons. The molecule has 3 rings (SSSR count). The Hall–Kier alpha value is -0.870. The van der Waals surface area contributed by atoms with Crippen molar-refractivity contribution in [2.24, 2.45) is 17.6 Å². The van der Waals surface area contributed by atoms with Crippen molar-refractivity contribution >= 4 is 0 Å². The first kappa shape index (κ1) is 13.1. The maximum Gasteiger partial charge on any atom is 0.0951 e. The van der Waals surface area contributed by atoms with Crippen LogP contribution in [0.2, 0.25) is 0 Å². The van der Waals surface area contributed by atoms with Gasteiger partial charge in [-0.1, -0.05) is 19.8 Å². The summed E-state index contributed by atoms with van der Waals surface area (Å²) in [6.07, 6.45) is 10.3. The summed E-state index contributed by atoms with van der Waals surface area (Å²) in [6.45, 7) is 4.01. The highest BCUT2D eigenvalue weighted by atomic mass is 16.5. The maximum atomic E-state index is 6.46. The summed E-state index contributed by atoms with van der Waals surface area (Å²) < 4.78 is 7.83. The van der Waals surface area contributed by atoms with Crippen molar-refractivity contribution in [2.45, 2.75) is 51.1 Å². The van der Waals surface area contributed by atoms with E-state index in [0.717, 1.165) is 25.6 Å². The van der Waals surface area contributed by atoms with E-state index in [1.165, 1.54) is 31.4 Å². The molecular weight excluding hydrogens is 238 g/mol. The van der Waals surface area contributed by atoms with E-state index >= 15 is 0 Å². The van der Waals surface area contributed by atoms with Gasteiger partial charge >= 0.3 is 0 Å². The molecule has 2 N–H and O–H groups in total. The van der Waals surface area contributed by atoms with E-state index in [2.05, 4.69) is 16.5 Å². The van der Waals surface area contributed by atoms with Crippen molar-refractivity contribution in [1.82, 2.24) is 9.55 Å². The first-order valence-electron chi connectivity index (χ1n) is 7.62. The highest BCUT2D eigenvalue weighted by Gasteiger charge is 2.30. The fourth-order valence-electron chi connectivity index (χ4n) is 3.64. The molecule has 1 aromatic rings. The van der Waals surface area contributed by atoms with Gasteiger partial charge in [-0.3, -0.25) is 0 Å². The lowest BCUT2D eigenvalue weighted by Crippen LogP contribution is -2.28. The quantitative estimate of drug-likeness (QED) is 0.912. The molecule has 4 atom stereocenters. The zero-order chi connectivity index (χ0) is 13.2. The first-order valence-corrected chi connectivity index (χ1v) is 7.62. The normalized spacial score (nSPS) is 33.5. The van der Waals surface area contributed by atoms with E-state index in [0.29, 0.717) is 12.0 Å². The number of rotatable bonds is 3. The highest BCUT2D eigenvalue weighted by Crippen LogP contribution is 2.36. The van der Waals surface area contributed by atoms with Crippen LogP contribution in [0, 0.1) is 11.8 Å². The molecule has 0 amide bonds. The van der Waals surface area contributed by atoms with E-state index in [1.54, 1.807) is 0 Å². The van der Waals surface area contributed by atoms with Gasteiger partial charge in [0.2, 0.25) is 0 Å². The maximum absolute atomic E-state index is 6.46. The van der Waals surface area contributed by atoms with Gasteiger partial charge in [-0.2, -0.15) is 0 Å². The fourth-order valence-corrected chi connectivity index (χ4v) is 3.64. The van der Waals surface area contributed by atoms with Crippen LogP contribution in [0.5, 0.6) is 0 Å². The Morgan fingerprint density at radius 3 is 2.95 bits per heavy atom. The molecular formula is C15H25N3O. The lowest BCUT2D eigenvalue weighted by molar-refractivity contribution is 0.179. The van der Waals surface area contributed by atoms with Crippen molar-refractivity contribution in [1.29, 1.82) is 0 Å². The first-order chi connectivity index (χ1) is 9.27. The number of nitrogens with zero attached hydrogens (tertiary/aromatic N) is 2. The Morgan fingerprint density at radius 1 is 1.37 bits per heavy atom. The van der Waals surface area contributed by atoms with Gasteiger partial charge in [0, 0.05) is 24.8 Å². The average molecular weight is 263 g/mol. The van der Waals surface area contributed by atoms with Gasteiger partial charge in [0.05, 0.1) is 24.7 Å². The Bertz CT molecular complexity index is 411. The number of aromatic nitrogens is 2. The summed E-state index contributed by atoms with van der Waals surface area (Å²) in [5.74, 6) is 1.18. The molecule has 4 nitrogen and oxygen atoms in total. The Kier molecular flexibility index (Phi) is 3.89. The molecule has 0 spiro atoms. The van der Waals surface area contributed by atoms with Crippen molar-refractivity contribution in [3.8, 4) is 0 Å². The fraction of sp³-hybridized carbons (Fsp3) is 0.800. The topological polar surface area (TPSA) is 53.1 Å². The summed E-state index contributed by atoms with van der Waals surface area (Å²) in [5, 5.41) is 0. The van der Waals surface area contributed by atoms with Gasteiger partial charge in [0.15, 0.2) is 0 Å². The van der Waals surface area contributed by atoms with Gasteiger partial charge in [-0.15, -0.1) is 0 Å². The molecule has 2 aliphatic rings. The van der Waals surface area contributed by atoms with Crippen molar-refractivity contribution in [3.63, 3.8) is 0 Å². The predicted octanol–water partition coefficient (Wildman–Crippen LogP) is 2.67. The Balaban J connectivity index is 1.80. The van der Waals surface area contributed by atoms with Crippen molar-refractivity contribution in [3.05, 3.63) is 18.2 Å². The van der Waals surface area contributed by atoms with Crippen LogP contribution in [0.4, 0.5) is 0 Å². The van der Waals surface area contributed by atoms with Crippen LogP contribution in [0.15, 0.2) is 12.5 Å². The van der Waals surface area contributed by atoms with Gasteiger partial charge in [0.1, 0.15) is 0 Å². The molecule has 1 saturated carbocycles. The molecule has 4 unspecified atom stereocenters. The van der Waals surface area contributed by atoms with E-state index in [9.17, 15) is 0 Å². The molecule has 0 aromatic carbocycles. The molecule has 1 aliphatic heterocycles. The minimum atomic E-state index is 0.0686. The second-order valence-electron chi connectivity index (χ2n) is 6.20. The number of hydrogen-bond donors (Lipinski definition) is 1. The highest BCUT2D eigenvalue weighted by molar-refractivity contribution is 5.09. The van der Waals surface area contributed by atoms with Gasteiger partial charge < -0.3 is 15.0 Å². The van der Waals surface area contributed by atoms with Gasteiger partial charge in [-0.05, 0) is 25.2 Å². The molecule has 2 heterocycles. The van der Waals surface area contributed by atoms with Crippen LogP contribution in [0.3, 0.4) is 0 Å². The second kappa shape index (κ2) is 5.63. The number of imidazole rings is 1.